The predicted molar refractivity (Wildman–Crippen MR) is 81.4 cm³/mol. The minimum absolute atomic E-state index is 0.204. The van der Waals surface area contributed by atoms with Crippen LogP contribution < -0.4 is 5.73 Å². The molecule has 21 heavy (non-hydrogen) atoms. The molecule has 1 saturated carbocycles. The van der Waals surface area contributed by atoms with E-state index in [-0.39, 0.29) is 11.0 Å². The molecule has 0 atom stereocenters. The van der Waals surface area contributed by atoms with Crippen molar-refractivity contribution in [3.63, 3.8) is 0 Å². The van der Waals surface area contributed by atoms with Crippen molar-refractivity contribution in [2.24, 2.45) is 0 Å². The molecule has 0 radical (unpaired) electrons. The van der Waals surface area contributed by atoms with E-state index in [4.69, 9.17) is 10.5 Å². The van der Waals surface area contributed by atoms with Gasteiger partial charge in [0.15, 0.2) is 0 Å². The van der Waals surface area contributed by atoms with Crippen LogP contribution in [0.2, 0.25) is 0 Å². The minimum atomic E-state index is -3.48. The predicted octanol–water partition coefficient (Wildman–Crippen LogP) is 1.99. The van der Waals surface area contributed by atoms with E-state index in [1.54, 1.807) is 24.3 Å². The molecule has 2 fully saturated rings. The standard InChI is InChI=1S/C15H22N2O3S/c16-14-6-1-2-7-15(14)21(18,19)17-10-8-13(9-11-17)20-12-4-3-5-12/h1-2,6-7,12-13H,3-5,8-11,16H2. The summed E-state index contributed by atoms with van der Waals surface area (Å²) in [5.74, 6) is 0. The first-order chi connectivity index (χ1) is 10.1. The molecule has 2 aliphatic rings. The van der Waals surface area contributed by atoms with Gasteiger partial charge in [-0.25, -0.2) is 8.42 Å². The number of piperidine rings is 1. The highest BCUT2D eigenvalue weighted by Gasteiger charge is 2.32. The molecule has 6 heteroatoms. The largest absolute Gasteiger partial charge is 0.398 e. The van der Waals surface area contributed by atoms with Crippen LogP contribution in [-0.4, -0.2) is 38.0 Å². The van der Waals surface area contributed by atoms with Crippen LogP contribution in [0.25, 0.3) is 0 Å². The number of nitrogens with two attached hydrogens (primary N) is 1. The van der Waals surface area contributed by atoms with E-state index in [2.05, 4.69) is 0 Å². The second-order valence-corrected chi connectivity index (χ2v) is 7.74. The molecule has 2 N–H and O–H groups in total. The molecule has 0 spiro atoms. The molecular formula is C15H22N2O3S. The van der Waals surface area contributed by atoms with E-state index >= 15 is 0 Å². The normalized spacial score (nSPS) is 22.1. The third-order valence-electron chi connectivity index (χ3n) is 4.37. The monoisotopic (exact) mass is 310 g/mol. The molecule has 0 unspecified atom stereocenters. The fraction of sp³-hybridized carbons (Fsp3) is 0.600. The van der Waals surface area contributed by atoms with Crippen molar-refractivity contribution in [2.45, 2.75) is 49.2 Å². The summed E-state index contributed by atoms with van der Waals surface area (Å²) < 4.78 is 32.7. The van der Waals surface area contributed by atoms with Gasteiger partial charge in [-0.2, -0.15) is 4.31 Å². The zero-order valence-corrected chi connectivity index (χ0v) is 12.9. The highest BCUT2D eigenvalue weighted by molar-refractivity contribution is 7.89. The van der Waals surface area contributed by atoms with Crippen LogP contribution in [0.1, 0.15) is 32.1 Å². The zero-order valence-electron chi connectivity index (χ0n) is 12.1. The van der Waals surface area contributed by atoms with Gasteiger partial charge >= 0.3 is 0 Å². The zero-order chi connectivity index (χ0) is 14.9. The third-order valence-corrected chi connectivity index (χ3v) is 6.35. The van der Waals surface area contributed by atoms with E-state index in [0.29, 0.717) is 24.9 Å². The number of nitrogen functional groups attached to an aromatic ring is 1. The molecule has 1 heterocycles. The van der Waals surface area contributed by atoms with Crippen LogP contribution in [0.3, 0.4) is 0 Å². The Morgan fingerprint density at radius 3 is 2.24 bits per heavy atom. The number of para-hydroxylation sites is 1. The molecule has 1 saturated heterocycles. The van der Waals surface area contributed by atoms with Crippen LogP contribution in [0.15, 0.2) is 29.2 Å². The summed E-state index contributed by atoms with van der Waals surface area (Å²) in [4.78, 5) is 0.211. The Labute approximate surface area is 126 Å². The highest BCUT2D eigenvalue weighted by Crippen LogP contribution is 2.29. The maximum atomic E-state index is 12.6. The van der Waals surface area contributed by atoms with Gasteiger partial charge in [-0.05, 0) is 44.2 Å². The van der Waals surface area contributed by atoms with E-state index in [1.807, 2.05) is 0 Å². The Morgan fingerprint density at radius 2 is 1.67 bits per heavy atom. The average molecular weight is 310 g/mol. The number of hydrogen-bond donors (Lipinski definition) is 1. The van der Waals surface area contributed by atoms with Crippen molar-refractivity contribution < 1.29 is 13.2 Å². The van der Waals surface area contributed by atoms with E-state index in [9.17, 15) is 8.42 Å². The van der Waals surface area contributed by atoms with Crippen molar-refractivity contribution in [3.05, 3.63) is 24.3 Å². The molecule has 0 bridgehead atoms. The Hall–Kier alpha value is -1.11. The van der Waals surface area contributed by atoms with Gasteiger partial charge in [0.1, 0.15) is 4.90 Å². The van der Waals surface area contributed by atoms with Crippen molar-refractivity contribution >= 4 is 15.7 Å². The molecule has 3 rings (SSSR count). The van der Waals surface area contributed by atoms with Gasteiger partial charge in [0.05, 0.1) is 17.9 Å². The molecule has 1 aromatic carbocycles. The van der Waals surface area contributed by atoms with Crippen molar-refractivity contribution in [2.75, 3.05) is 18.8 Å². The smallest absolute Gasteiger partial charge is 0.245 e. The number of nitrogens with zero attached hydrogens (tertiary/aromatic N) is 1. The first-order valence-electron chi connectivity index (χ1n) is 7.57. The lowest BCUT2D eigenvalue weighted by atomic mass is 9.95. The molecule has 5 nitrogen and oxygen atoms in total. The van der Waals surface area contributed by atoms with Crippen LogP contribution >= 0.6 is 0 Å². The van der Waals surface area contributed by atoms with Crippen molar-refractivity contribution in [3.8, 4) is 0 Å². The van der Waals surface area contributed by atoms with Crippen molar-refractivity contribution in [1.29, 1.82) is 0 Å². The second kappa shape index (κ2) is 5.94. The Balaban J connectivity index is 1.64. The number of ether oxygens (including phenoxy) is 1. The van der Waals surface area contributed by atoms with Gasteiger partial charge in [-0.1, -0.05) is 12.1 Å². The molecule has 0 aromatic heterocycles. The summed E-state index contributed by atoms with van der Waals surface area (Å²) in [5.41, 5.74) is 6.11. The number of hydrogen-bond acceptors (Lipinski definition) is 4. The second-order valence-electron chi connectivity index (χ2n) is 5.83. The maximum absolute atomic E-state index is 12.6. The van der Waals surface area contributed by atoms with Crippen LogP contribution in [0.5, 0.6) is 0 Å². The van der Waals surface area contributed by atoms with E-state index in [0.717, 1.165) is 25.7 Å². The molecule has 116 valence electrons. The van der Waals surface area contributed by atoms with Gasteiger partial charge in [-0.15, -0.1) is 0 Å². The number of rotatable bonds is 4. The topological polar surface area (TPSA) is 72.6 Å². The fourth-order valence-electron chi connectivity index (χ4n) is 2.84. The summed E-state index contributed by atoms with van der Waals surface area (Å²) in [5, 5.41) is 0. The van der Waals surface area contributed by atoms with Gasteiger partial charge in [-0.3, -0.25) is 0 Å². The summed E-state index contributed by atoms with van der Waals surface area (Å²) in [6, 6.07) is 6.64. The summed E-state index contributed by atoms with van der Waals surface area (Å²) in [6.45, 7) is 1.02. The quantitative estimate of drug-likeness (QED) is 0.863. The molecular weight excluding hydrogens is 288 g/mol. The van der Waals surface area contributed by atoms with Gasteiger partial charge in [0.2, 0.25) is 10.0 Å². The van der Waals surface area contributed by atoms with E-state index < -0.39 is 10.0 Å². The van der Waals surface area contributed by atoms with Crippen LogP contribution in [0.4, 0.5) is 5.69 Å². The van der Waals surface area contributed by atoms with Crippen molar-refractivity contribution in [1.82, 2.24) is 4.31 Å². The molecule has 0 amide bonds. The highest BCUT2D eigenvalue weighted by atomic mass is 32.2. The van der Waals surface area contributed by atoms with Crippen LogP contribution in [0, 0.1) is 0 Å². The third kappa shape index (κ3) is 3.07. The average Bonchev–Trinajstić information content (AvgIpc) is 2.44. The lowest BCUT2D eigenvalue weighted by Gasteiger charge is -2.35. The van der Waals surface area contributed by atoms with Gasteiger partial charge < -0.3 is 10.5 Å². The minimum Gasteiger partial charge on any atom is -0.398 e. The first kappa shape index (κ1) is 14.8. The summed E-state index contributed by atoms with van der Waals surface area (Å²) in [7, 11) is -3.48. The Bertz CT molecular complexity index is 591. The number of sulfonamides is 1. The Kier molecular flexibility index (Phi) is 4.19. The number of anilines is 1. The van der Waals surface area contributed by atoms with Gasteiger partial charge in [0, 0.05) is 13.1 Å². The molecule has 1 aliphatic carbocycles. The summed E-state index contributed by atoms with van der Waals surface area (Å²) >= 11 is 0. The van der Waals surface area contributed by atoms with Gasteiger partial charge in [0.25, 0.3) is 0 Å². The lowest BCUT2D eigenvalue weighted by molar-refractivity contribution is -0.0674. The maximum Gasteiger partial charge on any atom is 0.245 e. The first-order valence-corrected chi connectivity index (χ1v) is 9.01. The number of benzene rings is 1. The van der Waals surface area contributed by atoms with E-state index in [1.165, 1.54) is 10.7 Å². The molecule has 1 aliphatic heterocycles. The fourth-order valence-corrected chi connectivity index (χ4v) is 4.43. The van der Waals surface area contributed by atoms with Crippen LogP contribution in [-0.2, 0) is 14.8 Å². The SMILES string of the molecule is Nc1ccccc1S(=O)(=O)N1CCC(OC2CCC2)CC1. The summed E-state index contributed by atoms with van der Waals surface area (Å²) in [6.07, 6.45) is 5.70. The lowest BCUT2D eigenvalue weighted by Crippen LogP contribution is -2.42. The Morgan fingerprint density at radius 1 is 1.05 bits per heavy atom. The molecule has 1 aromatic rings.